The Morgan fingerprint density at radius 2 is 1.78 bits per heavy atom. The second kappa shape index (κ2) is 5.46. The van der Waals surface area contributed by atoms with Gasteiger partial charge in [-0.05, 0) is 63.2 Å². The maximum Gasteiger partial charge on any atom is 0.148 e. The molecule has 6 rings (SSSR count). The van der Waals surface area contributed by atoms with Crippen LogP contribution in [0.5, 0.6) is 0 Å². The Balaban J connectivity index is 1.47. The highest BCUT2D eigenvalue weighted by molar-refractivity contribution is 5.29. The van der Waals surface area contributed by atoms with Gasteiger partial charge in [0.15, 0.2) is 0 Å². The number of nitrogens with zero attached hydrogens (tertiary/aromatic N) is 1. The van der Waals surface area contributed by atoms with Crippen LogP contribution in [0, 0.1) is 23.2 Å². The fraction of sp³-hybridized carbons (Fsp3) is 1.00. The summed E-state index contributed by atoms with van der Waals surface area (Å²) in [5, 5.41) is 45.7. The number of hydrogen-bond acceptors (Lipinski definition) is 6. The molecule has 6 heteroatoms. The molecule has 27 heavy (non-hydrogen) atoms. The van der Waals surface area contributed by atoms with Crippen molar-refractivity contribution in [3.05, 3.63) is 0 Å². The van der Waals surface area contributed by atoms with E-state index in [1.165, 1.54) is 19.3 Å². The maximum atomic E-state index is 12.2. The van der Waals surface area contributed by atoms with Crippen molar-refractivity contribution in [1.29, 1.82) is 0 Å². The highest BCUT2D eigenvalue weighted by Crippen LogP contribution is 2.71. The normalized spacial score (nSPS) is 60.0. The van der Waals surface area contributed by atoms with Crippen LogP contribution in [0.2, 0.25) is 0 Å². The van der Waals surface area contributed by atoms with Gasteiger partial charge in [-0.1, -0.05) is 6.42 Å². The standard InChI is InChI=1S/C21H33NO5/c23-14-5-4-13-10-21(26)20(25)7-6-15(24)18-19(20,16(13)17(14)27-18)8-9-22(21)11-12-2-1-3-12/h12-18,23-26H,1-11H2/t13?,14?,15-,16?,17?,18?,19-,20-,21-/m0/s1. The van der Waals surface area contributed by atoms with Crippen LogP contribution in [0.4, 0.5) is 0 Å². The maximum absolute atomic E-state index is 12.2. The van der Waals surface area contributed by atoms with Gasteiger partial charge in [0.05, 0.1) is 24.4 Å². The summed E-state index contributed by atoms with van der Waals surface area (Å²) < 4.78 is 6.32. The fourth-order valence-corrected chi connectivity index (χ4v) is 8.27. The van der Waals surface area contributed by atoms with E-state index in [-0.39, 0.29) is 17.9 Å². The summed E-state index contributed by atoms with van der Waals surface area (Å²) in [6.07, 6.45) is 5.51. The van der Waals surface area contributed by atoms with Gasteiger partial charge in [0.2, 0.25) is 0 Å². The molecule has 152 valence electrons. The van der Waals surface area contributed by atoms with Crippen LogP contribution < -0.4 is 0 Å². The van der Waals surface area contributed by atoms with Crippen LogP contribution in [0.1, 0.15) is 57.8 Å². The van der Waals surface area contributed by atoms with E-state index in [1.807, 2.05) is 0 Å². The van der Waals surface area contributed by atoms with Gasteiger partial charge in [0, 0.05) is 24.4 Å². The molecule has 6 aliphatic rings. The Kier molecular flexibility index (Phi) is 3.56. The van der Waals surface area contributed by atoms with Crippen LogP contribution in [-0.4, -0.2) is 74.2 Å². The average molecular weight is 379 g/mol. The molecular weight excluding hydrogens is 346 g/mol. The monoisotopic (exact) mass is 379 g/mol. The predicted molar refractivity (Wildman–Crippen MR) is 96.6 cm³/mol. The Bertz CT molecular complexity index is 642. The highest BCUT2D eigenvalue weighted by atomic mass is 16.5. The first-order valence-corrected chi connectivity index (χ1v) is 11.1. The van der Waals surface area contributed by atoms with Gasteiger partial charge in [-0.3, -0.25) is 4.90 Å². The van der Waals surface area contributed by atoms with E-state index >= 15 is 0 Å². The van der Waals surface area contributed by atoms with Crippen molar-refractivity contribution < 1.29 is 25.2 Å². The van der Waals surface area contributed by atoms with Crippen molar-refractivity contribution in [2.45, 2.75) is 93.5 Å². The summed E-state index contributed by atoms with van der Waals surface area (Å²) >= 11 is 0. The smallest absolute Gasteiger partial charge is 0.148 e. The lowest BCUT2D eigenvalue weighted by Crippen LogP contribution is -2.83. The largest absolute Gasteiger partial charge is 0.390 e. The van der Waals surface area contributed by atoms with E-state index < -0.39 is 35.1 Å². The minimum atomic E-state index is -1.27. The molecule has 5 unspecified atom stereocenters. The van der Waals surface area contributed by atoms with Gasteiger partial charge in [-0.15, -0.1) is 0 Å². The number of piperidine rings is 1. The quantitative estimate of drug-likeness (QED) is 0.562. The van der Waals surface area contributed by atoms with Crippen molar-refractivity contribution in [2.75, 3.05) is 13.1 Å². The zero-order chi connectivity index (χ0) is 18.6. The van der Waals surface area contributed by atoms with Gasteiger partial charge < -0.3 is 25.2 Å². The summed E-state index contributed by atoms with van der Waals surface area (Å²) in [5.74, 6) is 0.913. The zero-order valence-electron chi connectivity index (χ0n) is 16.0. The third-order valence-corrected chi connectivity index (χ3v) is 9.63. The number of ether oxygens (including phenoxy) is 1. The van der Waals surface area contributed by atoms with E-state index in [1.54, 1.807) is 0 Å². The first kappa shape index (κ1) is 17.6. The molecule has 0 amide bonds. The van der Waals surface area contributed by atoms with Gasteiger partial charge in [-0.2, -0.15) is 0 Å². The van der Waals surface area contributed by atoms with Crippen molar-refractivity contribution in [2.24, 2.45) is 23.2 Å². The first-order chi connectivity index (χ1) is 12.9. The van der Waals surface area contributed by atoms with E-state index in [2.05, 4.69) is 4.90 Å². The molecule has 2 aliphatic heterocycles. The zero-order valence-corrected chi connectivity index (χ0v) is 16.0. The van der Waals surface area contributed by atoms with E-state index in [0.29, 0.717) is 31.6 Å². The molecule has 0 aromatic heterocycles. The Hall–Kier alpha value is -0.240. The van der Waals surface area contributed by atoms with Crippen molar-refractivity contribution in [3.8, 4) is 0 Å². The Morgan fingerprint density at radius 1 is 0.963 bits per heavy atom. The van der Waals surface area contributed by atoms with Gasteiger partial charge in [0.1, 0.15) is 11.3 Å². The Morgan fingerprint density at radius 3 is 2.52 bits per heavy atom. The minimum absolute atomic E-state index is 0.0392. The number of rotatable bonds is 2. The summed E-state index contributed by atoms with van der Waals surface area (Å²) in [7, 11) is 0. The van der Waals surface area contributed by atoms with E-state index in [9.17, 15) is 20.4 Å². The molecule has 4 aliphatic carbocycles. The Labute approximate surface area is 160 Å². The lowest BCUT2D eigenvalue weighted by Gasteiger charge is -2.71. The molecule has 4 saturated carbocycles. The van der Waals surface area contributed by atoms with Crippen LogP contribution in [0.25, 0.3) is 0 Å². The molecule has 1 spiro atoms. The summed E-state index contributed by atoms with van der Waals surface area (Å²) in [6, 6.07) is 0. The second-order valence-electron chi connectivity index (χ2n) is 10.5. The number of likely N-dealkylation sites (tertiary alicyclic amines) is 1. The highest BCUT2D eigenvalue weighted by Gasteiger charge is 2.81. The average Bonchev–Trinajstić information content (AvgIpc) is 2.95. The van der Waals surface area contributed by atoms with Crippen molar-refractivity contribution >= 4 is 0 Å². The molecule has 4 N–H and O–H groups in total. The predicted octanol–water partition coefficient (Wildman–Crippen LogP) is 0.611. The summed E-state index contributed by atoms with van der Waals surface area (Å²) in [5.41, 5.74) is -3.13. The molecule has 9 atom stereocenters. The molecule has 2 bridgehead atoms. The van der Waals surface area contributed by atoms with Crippen LogP contribution in [-0.2, 0) is 4.74 Å². The molecule has 2 heterocycles. The fourth-order valence-electron chi connectivity index (χ4n) is 8.27. The molecule has 2 saturated heterocycles. The van der Waals surface area contributed by atoms with E-state index in [4.69, 9.17) is 4.74 Å². The van der Waals surface area contributed by atoms with Gasteiger partial charge >= 0.3 is 0 Å². The third-order valence-electron chi connectivity index (χ3n) is 9.63. The lowest BCUT2D eigenvalue weighted by molar-refractivity contribution is -0.369. The van der Waals surface area contributed by atoms with Crippen LogP contribution in [0.15, 0.2) is 0 Å². The summed E-state index contributed by atoms with van der Waals surface area (Å²) in [4.78, 5) is 2.19. The van der Waals surface area contributed by atoms with Crippen molar-refractivity contribution in [1.82, 2.24) is 4.90 Å². The number of hydrogen-bond donors (Lipinski definition) is 4. The van der Waals surface area contributed by atoms with Crippen LogP contribution >= 0.6 is 0 Å². The number of aliphatic hydroxyl groups excluding tert-OH is 2. The molecule has 6 fully saturated rings. The third kappa shape index (κ3) is 1.89. The second-order valence-corrected chi connectivity index (χ2v) is 10.5. The molecule has 0 aromatic carbocycles. The molecule has 0 aromatic rings. The minimum Gasteiger partial charge on any atom is -0.390 e. The first-order valence-electron chi connectivity index (χ1n) is 11.1. The molecule has 6 nitrogen and oxygen atoms in total. The van der Waals surface area contributed by atoms with Gasteiger partial charge in [-0.25, -0.2) is 0 Å². The van der Waals surface area contributed by atoms with Gasteiger partial charge in [0.25, 0.3) is 0 Å². The van der Waals surface area contributed by atoms with Crippen molar-refractivity contribution in [3.63, 3.8) is 0 Å². The van der Waals surface area contributed by atoms with Crippen LogP contribution in [0.3, 0.4) is 0 Å². The summed E-state index contributed by atoms with van der Waals surface area (Å²) in [6.45, 7) is 1.61. The molecular formula is C21H33NO5. The topological polar surface area (TPSA) is 93.4 Å². The lowest BCUT2D eigenvalue weighted by atomic mass is 9.41. The van der Waals surface area contributed by atoms with E-state index in [0.717, 1.165) is 25.9 Å². The SMILES string of the molecule is OC1CCC2C[C@@]3(O)N(CC4CCC4)CC[C@]45C2C1OC4[C@@H](O)CC[C@]53O. The molecule has 0 radical (unpaired) electrons. The number of aliphatic hydroxyl groups is 4.